The van der Waals surface area contributed by atoms with E-state index in [2.05, 4.69) is 137 Å². The first-order valence-electron chi connectivity index (χ1n) is 16.8. The van der Waals surface area contributed by atoms with Gasteiger partial charge in [0, 0.05) is 57.3 Å². The number of nitrogens with zero attached hydrogens (tertiary/aromatic N) is 5. The van der Waals surface area contributed by atoms with E-state index in [9.17, 15) is 0 Å². The zero-order valence-electron chi connectivity index (χ0n) is 27.0. The normalized spacial score (nSPS) is 11.6. The largest absolute Gasteiger partial charge is 0.309 e. The summed E-state index contributed by atoms with van der Waals surface area (Å²) in [5.41, 5.74) is 13.9. The predicted octanol–water partition coefficient (Wildman–Crippen LogP) is 11.1. The fourth-order valence-corrected chi connectivity index (χ4v) is 7.40. The van der Waals surface area contributed by atoms with Gasteiger partial charge >= 0.3 is 0 Å². The molecule has 10 rings (SSSR count). The molecule has 50 heavy (non-hydrogen) atoms. The van der Waals surface area contributed by atoms with Gasteiger partial charge in [0.05, 0.1) is 39.0 Å². The first kappa shape index (κ1) is 28.2. The van der Waals surface area contributed by atoms with Crippen molar-refractivity contribution < 1.29 is 0 Å². The third-order valence-electron chi connectivity index (χ3n) is 9.64. The van der Waals surface area contributed by atoms with Crippen molar-refractivity contribution >= 4 is 43.7 Å². The highest BCUT2D eigenvalue weighted by Crippen LogP contribution is 2.39. The second-order valence-electron chi connectivity index (χ2n) is 12.6. The molecule has 0 unspecified atom stereocenters. The van der Waals surface area contributed by atoms with Crippen molar-refractivity contribution in [2.24, 2.45) is 0 Å². The van der Waals surface area contributed by atoms with E-state index in [0.29, 0.717) is 0 Å². The van der Waals surface area contributed by atoms with Crippen molar-refractivity contribution in [2.45, 2.75) is 0 Å². The van der Waals surface area contributed by atoms with Crippen LogP contribution in [0.25, 0.3) is 88.8 Å². The van der Waals surface area contributed by atoms with E-state index < -0.39 is 0 Å². The topological polar surface area (TPSA) is 48.5 Å². The van der Waals surface area contributed by atoms with Crippen LogP contribution in [0, 0.1) is 0 Å². The molecule has 5 nitrogen and oxygen atoms in total. The van der Waals surface area contributed by atoms with Crippen LogP contribution >= 0.6 is 0 Å². The molecule has 0 radical (unpaired) electrons. The van der Waals surface area contributed by atoms with Gasteiger partial charge in [0.2, 0.25) is 0 Å². The zero-order chi connectivity index (χ0) is 33.0. The zero-order valence-corrected chi connectivity index (χ0v) is 27.0. The monoisotopic (exact) mass is 639 g/mol. The Labute approximate surface area is 288 Å². The summed E-state index contributed by atoms with van der Waals surface area (Å²) in [6.45, 7) is 0. The van der Waals surface area contributed by atoms with Gasteiger partial charge in [0.1, 0.15) is 0 Å². The highest BCUT2D eigenvalue weighted by Gasteiger charge is 2.18. The van der Waals surface area contributed by atoms with Crippen molar-refractivity contribution in [3.63, 3.8) is 0 Å². The van der Waals surface area contributed by atoms with E-state index in [1.165, 1.54) is 21.8 Å². The van der Waals surface area contributed by atoms with E-state index >= 15 is 0 Å². The molecule has 5 aromatic carbocycles. The molecular weight excluding hydrogens is 611 g/mol. The van der Waals surface area contributed by atoms with Crippen LogP contribution < -0.4 is 0 Å². The highest BCUT2D eigenvalue weighted by atomic mass is 15.0. The Kier molecular flexibility index (Phi) is 6.42. The van der Waals surface area contributed by atoms with Gasteiger partial charge in [0.25, 0.3) is 0 Å². The van der Waals surface area contributed by atoms with Crippen LogP contribution in [0.3, 0.4) is 0 Å². The minimum absolute atomic E-state index is 0.911. The van der Waals surface area contributed by atoms with E-state index in [-0.39, 0.29) is 0 Å². The third-order valence-corrected chi connectivity index (χ3v) is 9.64. The van der Waals surface area contributed by atoms with Gasteiger partial charge in [-0.3, -0.25) is 15.0 Å². The lowest BCUT2D eigenvalue weighted by atomic mass is 10.0. The quantitative estimate of drug-likeness (QED) is 0.188. The van der Waals surface area contributed by atoms with Crippen LogP contribution in [0.4, 0.5) is 0 Å². The van der Waals surface area contributed by atoms with Crippen LogP contribution in [0.5, 0.6) is 0 Å². The lowest BCUT2D eigenvalue weighted by Crippen LogP contribution is -1.97. The van der Waals surface area contributed by atoms with Crippen LogP contribution in [-0.2, 0) is 0 Å². The summed E-state index contributed by atoms with van der Waals surface area (Å²) in [7, 11) is 0. The summed E-state index contributed by atoms with van der Waals surface area (Å²) >= 11 is 0. The maximum Gasteiger partial charge on any atom is 0.0963 e. The maximum absolute atomic E-state index is 4.88. The number of para-hydroxylation sites is 2. The van der Waals surface area contributed by atoms with E-state index in [1.807, 2.05) is 48.9 Å². The molecule has 0 aliphatic rings. The minimum Gasteiger partial charge on any atom is -0.309 e. The molecule has 0 fully saturated rings. The van der Waals surface area contributed by atoms with Gasteiger partial charge < -0.3 is 9.13 Å². The maximum atomic E-state index is 4.88. The van der Waals surface area contributed by atoms with Crippen LogP contribution in [-0.4, -0.2) is 24.1 Å². The lowest BCUT2D eigenvalue weighted by Gasteiger charge is -2.13. The molecule has 5 heteroatoms. The Hall–Kier alpha value is -6.85. The fourth-order valence-electron chi connectivity index (χ4n) is 7.40. The molecule has 0 N–H and O–H groups in total. The Morgan fingerprint density at radius 3 is 1.70 bits per heavy atom. The summed E-state index contributed by atoms with van der Waals surface area (Å²) in [5.74, 6) is 0. The summed E-state index contributed by atoms with van der Waals surface area (Å²) in [6, 6.07) is 55.7. The molecule has 0 saturated carbocycles. The van der Waals surface area contributed by atoms with Gasteiger partial charge in [-0.15, -0.1) is 0 Å². The van der Waals surface area contributed by atoms with E-state index in [4.69, 9.17) is 15.0 Å². The molecule has 0 bridgehead atoms. The molecule has 0 aliphatic carbocycles. The van der Waals surface area contributed by atoms with E-state index in [0.717, 1.165) is 67.0 Å². The Morgan fingerprint density at radius 1 is 0.320 bits per heavy atom. The van der Waals surface area contributed by atoms with Crippen molar-refractivity contribution in [3.05, 3.63) is 176 Å². The summed E-state index contributed by atoms with van der Waals surface area (Å²) in [5, 5.41) is 3.57. The molecule has 5 heterocycles. The van der Waals surface area contributed by atoms with Crippen molar-refractivity contribution in [1.29, 1.82) is 0 Å². The Morgan fingerprint density at radius 2 is 0.940 bits per heavy atom. The summed E-state index contributed by atoms with van der Waals surface area (Å²) < 4.78 is 4.69. The van der Waals surface area contributed by atoms with Crippen molar-refractivity contribution in [2.75, 3.05) is 0 Å². The average molecular weight is 640 g/mol. The molecule has 234 valence electrons. The average Bonchev–Trinajstić information content (AvgIpc) is 3.71. The van der Waals surface area contributed by atoms with Gasteiger partial charge in [-0.1, -0.05) is 60.7 Å². The third kappa shape index (κ3) is 4.52. The second kappa shape index (κ2) is 11.4. The molecule has 0 spiro atoms. The number of aromatic nitrogens is 5. The number of benzene rings is 5. The number of fused-ring (bicyclic) bond motifs is 6. The van der Waals surface area contributed by atoms with E-state index in [1.54, 1.807) is 0 Å². The first-order valence-corrected chi connectivity index (χ1v) is 16.8. The number of pyridine rings is 3. The van der Waals surface area contributed by atoms with Gasteiger partial charge in [-0.25, -0.2) is 0 Å². The molecule has 0 amide bonds. The van der Waals surface area contributed by atoms with Crippen molar-refractivity contribution in [1.82, 2.24) is 24.1 Å². The molecule has 0 aliphatic heterocycles. The van der Waals surface area contributed by atoms with Crippen LogP contribution in [0.2, 0.25) is 0 Å². The summed E-state index contributed by atoms with van der Waals surface area (Å²) in [4.78, 5) is 14.3. The summed E-state index contributed by atoms with van der Waals surface area (Å²) in [6.07, 6.45) is 5.56. The molecule has 0 atom stereocenters. The number of rotatable bonds is 5. The molecular formula is C45H29N5. The Bertz CT molecular complexity index is 2800. The fraction of sp³-hybridized carbons (Fsp3) is 0. The lowest BCUT2D eigenvalue weighted by molar-refractivity contribution is 1.17. The highest BCUT2D eigenvalue weighted by molar-refractivity contribution is 6.11. The molecule has 5 aromatic heterocycles. The first-order chi connectivity index (χ1) is 24.8. The second-order valence-corrected chi connectivity index (χ2v) is 12.6. The number of hydrogen-bond acceptors (Lipinski definition) is 3. The minimum atomic E-state index is 0.911. The van der Waals surface area contributed by atoms with Gasteiger partial charge in [-0.05, 0) is 108 Å². The van der Waals surface area contributed by atoms with Crippen LogP contribution in [0.1, 0.15) is 0 Å². The van der Waals surface area contributed by atoms with Gasteiger partial charge in [0.15, 0.2) is 0 Å². The van der Waals surface area contributed by atoms with Crippen LogP contribution in [0.15, 0.2) is 176 Å². The standard InChI is InChI=1S/C45H29N5/c1-2-11-34(12-3-1)49-41-16-5-4-13-36(41)38-28-30(19-21-42(38)49)31-18-20-37-44(29-31)50(43-17-10-24-48-45(37)43)35-26-32(39-14-6-8-22-46-39)25-33(27-35)40-15-7-9-23-47-40/h1-29H. The van der Waals surface area contributed by atoms with Crippen molar-refractivity contribution in [3.8, 4) is 45.0 Å². The smallest absolute Gasteiger partial charge is 0.0963 e. The molecule has 10 aromatic rings. The Balaban J connectivity index is 1.20. The number of hydrogen-bond donors (Lipinski definition) is 0. The van der Waals surface area contributed by atoms with Gasteiger partial charge in [-0.2, -0.15) is 0 Å². The predicted molar refractivity (Wildman–Crippen MR) is 205 cm³/mol. The SMILES string of the molecule is c1ccc(-n2c3ccccc3c3cc(-c4ccc5c6ncccc6n(-c6cc(-c7ccccn7)cc(-c7ccccn7)c6)c5c4)ccc32)cc1. The molecule has 0 saturated heterocycles.